The Kier molecular flexibility index (Phi) is 4.78. The van der Waals surface area contributed by atoms with Crippen LogP contribution in [0.1, 0.15) is 47.4 Å². The number of benzene rings is 2. The molecule has 0 aromatic heterocycles. The van der Waals surface area contributed by atoms with Crippen LogP contribution >= 0.6 is 0 Å². The topological polar surface area (TPSA) is 92.5 Å². The zero-order chi connectivity index (χ0) is 18.9. The van der Waals surface area contributed by atoms with Gasteiger partial charge in [0, 0.05) is 41.6 Å². The van der Waals surface area contributed by atoms with Gasteiger partial charge in [0.05, 0.1) is 0 Å². The number of imide groups is 1. The zero-order valence-corrected chi connectivity index (χ0v) is 15.0. The van der Waals surface area contributed by atoms with Crippen LogP contribution in [0.3, 0.4) is 0 Å². The van der Waals surface area contributed by atoms with Crippen molar-refractivity contribution in [3.63, 3.8) is 0 Å². The molecule has 0 atom stereocenters. The van der Waals surface area contributed by atoms with Crippen LogP contribution in [0.25, 0.3) is 10.8 Å². The number of nitrogens with two attached hydrogens (primary N) is 1. The number of amides is 3. The van der Waals surface area contributed by atoms with Crippen LogP contribution in [0.2, 0.25) is 0 Å². The summed E-state index contributed by atoms with van der Waals surface area (Å²) < 4.78 is 0. The Bertz CT molecular complexity index is 838. The Morgan fingerprint density at radius 2 is 1.65 bits per heavy atom. The van der Waals surface area contributed by atoms with E-state index in [9.17, 15) is 14.4 Å². The molecular formula is C20H23N3O3. The fourth-order valence-corrected chi connectivity index (χ4v) is 3.17. The van der Waals surface area contributed by atoms with Crippen molar-refractivity contribution in [3.05, 3.63) is 47.5 Å². The van der Waals surface area contributed by atoms with E-state index in [0.29, 0.717) is 29.5 Å². The molecule has 3 N–H and O–H groups in total. The van der Waals surface area contributed by atoms with Crippen molar-refractivity contribution in [2.45, 2.75) is 32.2 Å². The Labute approximate surface area is 152 Å². The van der Waals surface area contributed by atoms with Gasteiger partial charge in [0.25, 0.3) is 11.8 Å². The molecule has 0 spiro atoms. The summed E-state index contributed by atoms with van der Waals surface area (Å²) in [5.74, 6) is -0.746. The second kappa shape index (κ2) is 6.88. The largest absolute Gasteiger partial charge is 0.350 e. The summed E-state index contributed by atoms with van der Waals surface area (Å²) in [4.78, 5) is 38.8. The number of hydrogen-bond donors (Lipinski definition) is 2. The van der Waals surface area contributed by atoms with Gasteiger partial charge in [-0.1, -0.05) is 24.3 Å². The van der Waals surface area contributed by atoms with E-state index in [2.05, 4.69) is 5.32 Å². The van der Waals surface area contributed by atoms with Gasteiger partial charge in [-0.3, -0.25) is 19.3 Å². The maximum atomic E-state index is 12.8. The molecule has 0 fully saturated rings. The molecule has 1 heterocycles. The lowest BCUT2D eigenvalue weighted by Gasteiger charge is -2.27. The summed E-state index contributed by atoms with van der Waals surface area (Å²) in [5.41, 5.74) is 6.20. The molecule has 26 heavy (non-hydrogen) atoms. The smallest absolute Gasteiger partial charge is 0.261 e. The Balaban J connectivity index is 1.72. The van der Waals surface area contributed by atoms with Crippen molar-refractivity contribution >= 4 is 28.5 Å². The first-order valence-electron chi connectivity index (χ1n) is 8.73. The highest BCUT2D eigenvalue weighted by atomic mass is 16.2. The van der Waals surface area contributed by atoms with Crippen LogP contribution in [0.15, 0.2) is 36.4 Å². The summed E-state index contributed by atoms with van der Waals surface area (Å²) >= 11 is 0. The zero-order valence-electron chi connectivity index (χ0n) is 15.0. The minimum Gasteiger partial charge on any atom is -0.350 e. The van der Waals surface area contributed by atoms with E-state index in [0.717, 1.165) is 5.39 Å². The van der Waals surface area contributed by atoms with Crippen molar-refractivity contribution < 1.29 is 14.4 Å². The maximum absolute atomic E-state index is 12.8. The lowest BCUT2D eigenvalue weighted by Crippen LogP contribution is -2.49. The van der Waals surface area contributed by atoms with Crippen molar-refractivity contribution in [1.82, 2.24) is 10.2 Å². The fourth-order valence-electron chi connectivity index (χ4n) is 3.17. The maximum Gasteiger partial charge on any atom is 0.261 e. The second-order valence-electron chi connectivity index (χ2n) is 7.21. The molecule has 0 saturated carbocycles. The van der Waals surface area contributed by atoms with Crippen molar-refractivity contribution in [2.24, 2.45) is 5.73 Å². The van der Waals surface area contributed by atoms with Crippen LogP contribution in [0.5, 0.6) is 0 Å². The van der Waals surface area contributed by atoms with Gasteiger partial charge >= 0.3 is 0 Å². The molecule has 0 saturated heterocycles. The molecule has 6 nitrogen and oxygen atoms in total. The van der Waals surface area contributed by atoms with Gasteiger partial charge in [0.2, 0.25) is 5.91 Å². The normalized spacial score (nSPS) is 14.0. The minimum atomic E-state index is -0.470. The van der Waals surface area contributed by atoms with Crippen LogP contribution in [0.4, 0.5) is 0 Å². The average Bonchev–Trinajstić information content (AvgIpc) is 2.62. The third-order valence-corrected chi connectivity index (χ3v) is 4.63. The number of hydrogen-bond acceptors (Lipinski definition) is 4. The van der Waals surface area contributed by atoms with Gasteiger partial charge in [0.15, 0.2) is 0 Å². The van der Waals surface area contributed by atoms with E-state index in [1.165, 1.54) is 4.90 Å². The third kappa shape index (κ3) is 3.32. The molecule has 1 aliphatic rings. The predicted octanol–water partition coefficient (Wildman–Crippen LogP) is 2.07. The van der Waals surface area contributed by atoms with Crippen LogP contribution < -0.4 is 11.1 Å². The van der Waals surface area contributed by atoms with Crippen LogP contribution in [-0.2, 0) is 4.79 Å². The molecule has 0 radical (unpaired) electrons. The number of nitrogens with zero attached hydrogens (tertiary/aromatic N) is 1. The van der Waals surface area contributed by atoms with E-state index in [-0.39, 0.29) is 30.7 Å². The number of rotatable bonds is 6. The molecule has 2 aromatic rings. The SMILES string of the molecule is CC(C)(CN)NC(=O)CCCN1C(=O)c2cccc3cccc(c23)C1=O. The van der Waals surface area contributed by atoms with Crippen molar-refractivity contribution in [3.8, 4) is 0 Å². The van der Waals surface area contributed by atoms with Crippen LogP contribution in [0, 0.1) is 0 Å². The second-order valence-corrected chi connectivity index (χ2v) is 7.21. The lowest BCUT2D eigenvalue weighted by atomic mass is 9.94. The molecule has 6 heteroatoms. The molecule has 0 unspecified atom stereocenters. The minimum absolute atomic E-state index is 0.139. The monoisotopic (exact) mass is 353 g/mol. The van der Waals surface area contributed by atoms with E-state index < -0.39 is 5.54 Å². The standard InChI is InChI=1S/C20H23N3O3/c1-20(2,12-21)22-16(24)10-5-11-23-18(25)14-8-3-6-13-7-4-9-15(17(13)14)19(23)26/h3-4,6-9H,5,10-12,21H2,1-2H3,(H,22,24). The summed E-state index contributed by atoms with van der Waals surface area (Å²) in [6.45, 7) is 4.24. The van der Waals surface area contributed by atoms with Crippen molar-refractivity contribution in [1.29, 1.82) is 0 Å². The van der Waals surface area contributed by atoms with E-state index in [4.69, 9.17) is 5.73 Å². The Morgan fingerprint density at radius 3 is 2.19 bits per heavy atom. The van der Waals surface area contributed by atoms with Gasteiger partial charge in [0.1, 0.15) is 0 Å². The third-order valence-electron chi connectivity index (χ3n) is 4.63. The molecule has 2 aromatic carbocycles. The van der Waals surface area contributed by atoms with E-state index in [1.807, 2.05) is 38.1 Å². The molecule has 1 aliphatic heterocycles. The van der Waals surface area contributed by atoms with Gasteiger partial charge in [-0.25, -0.2) is 0 Å². The highest BCUT2D eigenvalue weighted by Crippen LogP contribution is 2.30. The lowest BCUT2D eigenvalue weighted by molar-refractivity contribution is -0.122. The molecule has 0 bridgehead atoms. The summed E-state index contributed by atoms with van der Waals surface area (Å²) in [7, 11) is 0. The summed E-state index contributed by atoms with van der Waals surface area (Å²) in [6, 6.07) is 10.9. The van der Waals surface area contributed by atoms with Crippen LogP contribution in [-0.4, -0.2) is 41.2 Å². The first-order chi connectivity index (χ1) is 12.3. The van der Waals surface area contributed by atoms with Gasteiger partial charge in [-0.15, -0.1) is 0 Å². The van der Waals surface area contributed by atoms with Gasteiger partial charge < -0.3 is 11.1 Å². The highest BCUT2D eigenvalue weighted by Gasteiger charge is 2.32. The molecule has 0 aliphatic carbocycles. The Morgan fingerprint density at radius 1 is 1.08 bits per heavy atom. The number of carbonyl (C=O) groups is 3. The number of nitrogens with one attached hydrogen (secondary N) is 1. The van der Waals surface area contributed by atoms with Gasteiger partial charge in [-0.2, -0.15) is 0 Å². The fraction of sp³-hybridized carbons (Fsp3) is 0.350. The molecule has 136 valence electrons. The Hall–Kier alpha value is -2.73. The predicted molar refractivity (Wildman–Crippen MR) is 99.8 cm³/mol. The summed E-state index contributed by atoms with van der Waals surface area (Å²) in [5, 5.41) is 4.44. The van der Waals surface area contributed by atoms with E-state index >= 15 is 0 Å². The summed E-state index contributed by atoms with van der Waals surface area (Å²) in [6.07, 6.45) is 0.633. The highest BCUT2D eigenvalue weighted by molar-refractivity contribution is 6.25. The first-order valence-corrected chi connectivity index (χ1v) is 8.73. The van der Waals surface area contributed by atoms with E-state index in [1.54, 1.807) is 12.1 Å². The first kappa shape index (κ1) is 18.1. The quantitative estimate of drug-likeness (QED) is 0.778. The van der Waals surface area contributed by atoms with Crippen molar-refractivity contribution in [2.75, 3.05) is 13.1 Å². The molecule has 3 rings (SSSR count). The average molecular weight is 353 g/mol. The molecule has 3 amide bonds. The molecular weight excluding hydrogens is 330 g/mol. The number of carbonyl (C=O) groups excluding carboxylic acids is 3. The van der Waals surface area contributed by atoms with Gasteiger partial charge in [-0.05, 0) is 37.8 Å².